The lowest BCUT2D eigenvalue weighted by Crippen LogP contribution is -2.38. The fraction of sp³-hybridized carbons (Fsp3) is 0.455. The standard InChI is InChI=1S/C22H29NO3/c1-15(2)26-20-10-8-7-9-18(20)17-12-11-16(24-6)13-19(17)21-23(5)22(3,4)14-25-21/h7-13,15,21H,14H2,1-6H3. The third kappa shape index (κ3) is 3.57. The maximum atomic E-state index is 6.18. The van der Waals surface area contributed by atoms with Gasteiger partial charge in [-0.25, -0.2) is 0 Å². The molecule has 0 bridgehead atoms. The number of methoxy groups -OCH3 is 1. The first-order valence-corrected chi connectivity index (χ1v) is 9.12. The monoisotopic (exact) mass is 355 g/mol. The van der Waals surface area contributed by atoms with Crippen molar-refractivity contribution in [2.45, 2.75) is 45.6 Å². The Balaban J connectivity index is 2.12. The number of hydrogen-bond donors (Lipinski definition) is 0. The van der Waals surface area contributed by atoms with E-state index in [4.69, 9.17) is 14.2 Å². The molecule has 1 saturated heterocycles. The van der Waals surface area contributed by atoms with Crippen molar-refractivity contribution in [3.63, 3.8) is 0 Å². The van der Waals surface area contributed by atoms with Gasteiger partial charge in [-0.15, -0.1) is 0 Å². The number of ether oxygens (including phenoxy) is 3. The van der Waals surface area contributed by atoms with Crippen LogP contribution >= 0.6 is 0 Å². The zero-order valence-corrected chi connectivity index (χ0v) is 16.6. The molecule has 0 aromatic heterocycles. The van der Waals surface area contributed by atoms with Crippen LogP contribution in [0.15, 0.2) is 42.5 Å². The minimum absolute atomic E-state index is 0.0149. The Kier molecular flexibility index (Phi) is 5.26. The van der Waals surface area contributed by atoms with Gasteiger partial charge >= 0.3 is 0 Å². The Morgan fingerprint density at radius 1 is 1.12 bits per heavy atom. The van der Waals surface area contributed by atoms with Crippen LogP contribution in [0.4, 0.5) is 0 Å². The molecule has 1 fully saturated rings. The van der Waals surface area contributed by atoms with Gasteiger partial charge in [-0.05, 0) is 58.5 Å². The summed E-state index contributed by atoms with van der Waals surface area (Å²) in [7, 11) is 3.80. The van der Waals surface area contributed by atoms with Crippen molar-refractivity contribution in [3.8, 4) is 22.6 Å². The van der Waals surface area contributed by atoms with Crippen molar-refractivity contribution in [2.75, 3.05) is 20.8 Å². The third-order valence-electron chi connectivity index (χ3n) is 4.97. The Hall–Kier alpha value is -2.04. The van der Waals surface area contributed by atoms with E-state index in [0.29, 0.717) is 6.61 Å². The molecule has 0 aliphatic carbocycles. The van der Waals surface area contributed by atoms with Crippen LogP contribution in [0.3, 0.4) is 0 Å². The summed E-state index contributed by atoms with van der Waals surface area (Å²) in [6.45, 7) is 9.17. The van der Waals surface area contributed by atoms with Gasteiger partial charge in [-0.1, -0.05) is 24.3 Å². The van der Waals surface area contributed by atoms with Gasteiger partial charge in [0.25, 0.3) is 0 Å². The molecule has 1 atom stereocenters. The van der Waals surface area contributed by atoms with E-state index < -0.39 is 0 Å². The fourth-order valence-electron chi connectivity index (χ4n) is 3.28. The van der Waals surface area contributed by atoms with E-state index in [1.165, 1.54) is 0 Å². The lowest BCUT2D eigenvalue weighted by atomic mass is 9.96. The van der Waals surface area contributed by atoms with Crippen molar-refractivity contribution in [3.05, 3.63) is 48.0 Å². The van der Waals surface area contributed by atoms with Gasteiger partial charge in [0.2, 0.25) is 0 Å². The van der Waals surface area contributed by atoms with Crippen LogP contribution in [0, 0.1) is 0 Å². The molecule has 1 aliphatic heterocycles. The Bertz CT molecular complexity index is 770. The van der Waals surface area contributed by atoms with Gasteiger partial charge in [0, 0.05) is 16.7 Å². The first kappa shape index (κ1) is 18.7. The molecule has 2 aromatic rings. The maximum Gasteiger partial charge on any atom is 0.137 e. The molecule has 1 aliphatic rings. The van der Waals surface area contributed by atoms with Crippen molar-refractivity contribution in [2.24, 2.45) is 0 Å². The van der Waals surface area contributed by atoms with Crippen LogP contribution in [-0.2, 0) is 4.74 Å². The van der Waals surface area contributed by atoms with Crippen molar-refractivity contribution < 1.29 is 14.2 Å². The molecule has 0 N–H and O–H groups in total. The molecule has 4 heteroatoms. The number of hydrogen-bond acceptors (Lipinski definition) is 4. The predicted octanol–water partition coefficient (Wildman–Crippen LogP) is 4.89. The molecule has 3 rings (SSSR count). The summed E-state index contributed by atoms with van der Waals surface area (Å²) in [6, 6.07) is 14.3. The minimum Gasteiger partial charge on any atom is -0.497 e. The highest BCUT2D eigenvalue weighted by Crippen LogP contribution is 2.43. The fourth-order valence-corrected chi connectivity index (χ4v) is 3.28. The van der Waals surface area contributed by atoms with Gasteiger partial charge in [0.05, 0.1) is 19.8 Å². The molecule has 1 heterocycles. The molecule has 2 aromatic carbocycles. The first-order valence-electron chi connectivity index (χ1n) is 9.12. The number of likely N-dealkylation sites (N-methyl/N-ethyl adjacent to an activating group) is 1. The van der Waals surface area contributed by atoms with Gasteiger partial charge in [0.1, 0.15) is 17.7 Å². The van der Waals surface area contributed by atoms with Crippen LogP contribution < -0.4 is 9.47 Å². The lowest BCUT2D eigenvalue weighted by Gasteiger charge is -2.30. The van der Waals surface area contributed by atoms with E-state index in [-0.39, 0.29) is 17.9 Å². The summed E-state index contributed by atoms with van der Waals surface area (Å²) in [6.07, 6.45) is -0.00982. The van der Waals surface area contributed by atoms with E-state index in [1.807, 2.05) is 38.1 Å². The first-order chi connectivity index (χ1) is 12.3. The second-order valence-corrected chi connectivity index (χ2v) is 7.70. The summed E-state index contributed by atoms with van der Waals surface area (Å²) < 4.78 is 17.7. The number of rotatable bonds is 5. The average molecular weight is 355 g/mol. The van der Waals surface area contributed by atoms with Crippen LogP contribution in [-0.4, -0.2) is 37.3 Å². The molecule has 26 heavy (non-hydrogen) atoms. The van der Waals surface area contributed by atoms with Gasteiger partial charge in [0.15, 0.2) is 0 Å². The summed E-state index contributed by atoms with van der Waals surface area (Å²) in [5, 5.41) is 0. The van der Waals surface area contributed by atoms with Crippen LogP contribution in [0.25, 0.3) is 11.1 Å². The van der Waals surface area contributed by atoms with Crippen molar-refractivity contribution in [1.82, 2.24) is 4.90 Å². The molecular weight excluding hydrogens is 326 g/mol. The molecule has 140 valence electrons. The van der Waals surface area contributed by atoms with Gasteiger partial charge in [-0.3, -0.25) is 4.90 Å². The second-order valence-electron chi connectivity index (χ2n) is 7.70. The number of benzene rings is 2. The van der Waals surface area contributed by atoms with E-state index in [0.717, 1.165) is 28.2 Å². The highest BCUT2D eigenvalue weighted by molar-refractivity contribution is 5.74. The highest BCUT2D eigenvalue weighted by atomic mass is 16.5. The van der Waals surface area contributed by atoms with Crippen LogP contribution in [0.1, 0.15) is 39.5 Å². The predicted molar refractivity (Wildman–Crippen MR) is 105 cm³/mol. The zero-order chi connectivity index (χ0) is 18.9. The van der Waals surface area contributed by atoms with E-state index in [9.17, 15) is 0 Å². The Morgan fingerprint density at radius 3 is 2.46 bits per heavy atom. The van der Waals surface area contributed by atoms with Crippen LogP contribution in [0.5, 0.6) is 11.5 Å². The smallest absolute Gasteiger partial charge is 0.137 e. The zero-order valence-electron chi connectivity index (χ0n) is 16.6. The summed E-state index contributed by atoms with van der Waals surface area (Å²) in [5.74, 6) is 1.71. The molecular formula is C22H29NO3. The maximum absolute atomic E-state index is 6.18. The second kappa shape index (κ2) is 7.29. The third-order valence-corrected chi connectivity index (χ3v) is 4.97. The minimum atomic E-state index is -0.123. The summed E-state index contributed by atoms with van der Waals surface area (Å²) in [4.78, 5) is 2.27. The topological polar surface area (TPSA) is 30.9 Å². The molecule has 4 nitrogen and oxygen atoms in total. The number of para-hydroxylation sites is 1. The van der Waals surface area contributed by atoms with Crippen molar-refractivity contribution >= 4 is 0 Å². The Labute approximate surface area is 156 Å². The SMILES string of the molecule is COc1ccc(-c2ccccc2OC(C)C)c(C2OCC(C)(C)N2C)c1. The molecule has 0 radical (unpaired) electrons. The van der Waals surface area contributed by atoms with E-state index in [1.54, 1.807) is 7.11 Å². The van der Waals surface area contributed by atoms with Gasteiger partial charge < -0.3 is 14.2 Å². The number of nitrogens with zero attached hydrogens (tertiary/aromatic N) is 1. The van der Waals surface area contributed by atoms with Crippen molar-refractivity contribution in [1.29, 1.82) is 0 Å². The van der Waals surface area contributed by atoms with E-state index in [2.05, 4.69) is 44.0 Å². The summed E-state index contributed by atoms with van der Waals surface area (Å²) in [5.41, 5.74) is 3.26. The molecule has 0 amide bonds. The normalized spacial score (nSPS) is 19.7. The Morgan fingerprint density at radius 2 is 1.85 bits per heavy atom. The molecule has 0 spiro atoms. The highest BCUT2D eigenvalue weighted by Gasteiger charge is 2.39. The molecule has 0 saturated carbocycles. The quantitative estimate of drug-likeness (QED) is 0.764. The molecule has 1 unspecified atom stereocenters. The summed E-state index contributed by atoms with van der Waals surface area (Å²) >= 11 is 0. The van der Waals surface area contributed by atoms with Gasteiger partial charge in [-0.2, -0.15) is 0 Å². The average Bonchev–Trinajstić information content (AvgIpc) is 2.88. The van der Waals surface area contributed by atoms with Crippen LogP contribution in [0.2, 0.25) is 0 Å². The largest absolute Gasteiger partial charge is 0.497 e. The van der Waals surface area contributed by atoms with E-state index >= 15 is 0 Å². The lowest BCUT2D eigenvalue weighted by molar-refractivity contribution is 0.0402.